The summed E-state index contributed by atoms with van der Waals surface area (Å²) in [7, 11) is 0. The van der Waals surface area contributed by atoms with E-state index in [4.69, 9.17) is 39.5 Å². The van der Waals surface area contributed by atoms with Crippen molar-refractivity contribution in [1.29, 1.82) is 0 Å². The molecule has 116 valence electrons. The molecule has 1 unspecified atom stereocenters. The third kappa shape index (κ3) is 3.61. The van der Waals surface area contributed by atoms with Crippen LogP contribution in [-0.4, -0.2) is 18.2 Å². The highest BCUT2D eigenvalue weighted by atomic mass is 35.5. The maximum absolute atomic E-state index is 6.34. The van der Waals surface area contributed by atoms with Gasteiger partial charge in [0.1, 0.15) is 0 Å². The minimum atomic E-state index is 0.159. The van der Waals surface area contributed by atoms with Gasteiger partial charge in [0.2, 0.25) is 0 Å². The zero-order chi connectivity index (χ0) is 14.9. The molecule has 2 nitrogen and oxygen atoms in total. The Hall–Kier alpha value is -0.150. The van der Waals surface area contributed by atoms with Crippen LogP contribution in [-0.2, 0) is 4.74 Å². The van der Waals surface area contributed by atoms with E-state index in [1.54, 1.807) is 12.1 Å². The minimum absolute atomic E-state index is 0.159. The van der Waals surface area contributed by atoms with E-state index < -0.39 is 0 Å². The molecule has 2 fully saturated rings. The van der Waals surface area contributed by atoms with E-state index in [9.17, 15) is 0 Å². The van der Waals surface area contributed by atoms with Gasteiger partial charge in [-0.1, -0.05) is 54.1 Å². The Kier molecular flexibility index (Phi) is 4.90. The molecule has 1 saturated carbocycles. The predicted octanol–water partition coefficient (Wildman–Crippen LogP) is 5.94. The maximum atomic E-state index is 6.34. The van der Waals surface area contributed by atoms with E-state index in [1.807, 2.05) is 0 Å². The predicted molar refractivity (Wildman–Crippen MR) is 89.9 cm³/mol. The maximum Gasteiger partial charge on any atom is 0.0756 e. The molecule has 0 aromatic heterocycles. The quantitative estimate of drug-likeness (QED) is 0.682. The molecule has 0 bridgehead atoms. The average Bonchev–Trinajstić information content (AvgIpc) is 2.85. The second kappa shape index (κ2) is 6.54. The molecule has 1 aromatic rings. The van der Waals surface area contributed by atoms with E-state index in [1.165, 1.54) is 38.5 Å². The lowest BCUT2D eigenvalue weighted by atomic mass is 9.83. The molecule has 2 aliphatic rings. The number of rotatable bonds is 3. The third-order valence-corrected chi connectivity index (χ3v) is 5.67. The summed E-state index contributed by atoms with van der Waals surface area (Å²) in [5, 5.41) is 4.93. The van der Waals surface area contributed by atoms with Crippen LogP contribution < -0.4 is 5.32 Å². The minimum Gasteiger partial charge on any atom is -0.381 e. The van der Waals surface area contributed by atoms with Crippen molar-refractivity contribution in [3.05, 3.63) is 27.2 Å². The van der Waals surface area contributed by atoms with Gasteiger partial charge in [0.25, 0.3) is 0 Å². The smallest absolute Gasteiger partial charge is 0.0756 e. The summed E-state index contributed by atoms with van der Waals surface area (Å²) in [6.45, 7) is 0.763. The molecule has 3 rings (SSSR count). The highest BCUT2D eigenvalue weighted by Crippen LogP contribution is 2.42. The number of ether oxygens (including phenoxy) is 1. The first-order valence-electron chi connectivity index (χ1n) is 7.64. The molecular formula is C16H20Cl3NO. The standard InChI is InChI=1S/C16H20Cl3NO/c17-12-8-14(19)15(9-13(12)18)20-10-11-4-7-16(21-11)5-2-1-3-6-16/h8-9,11,20H,1-7,10H2. The van der Waals surface area contributed by atoms with Crippen LogP contribution in [0.1, 0.15) is 44.9 Å². The Bertz CT molecular complexity index is 514. The normalized spacial score (nSPS) is 24.4. The van der Waals surface area contributed by atoms with Gasteiger partial charge in [-0.2, -0.15) is 0 Å². The fourth-order valence-electron chi connectivity index (χ4n) is 3.48. The topological polar surface area (TPSA) is 21.3 Å². The molecule has 0 radical (unpaired) electrons. The lowest BCUT2D eigenvalue weighted by molar-refractivity contribution is -0.0588. The summed E-state index contributed by atoms with van der Waals surface area (Å²) >= 11 is 18.2. The Labute approximate surface area is 141 Å². The monoisotopic (exact) mass is 347 g/mol. The van der Waals surface area contributed by atoms with Crippen LogP contribution in [0.4, 0.5) is 5.69 Å². The lowest BCUT2D eigenvalue weighted by Crippen LogP contribution is -2.33. The molecular weight excluding hydrogens is 329 g/mol. The van der Waals surface area contributed by atoms with Gasteiger partial charge >= 0.3 is 0 Å². The van der Waals surface area contributed by atoms with Crippen molar-refractivity contribution in [3.63, 3.8) is 0 Å². The Morgan fingerprint density at radius 1 is 1.00 bits per heavy atom. The summed E-state index contributed by atoms with van der Waals surface area (Å²) in [5.74, 6) is 0. The zero-order valence-corrected chi connectivity index (χ0v) is 14.2. The number of hydrogen-bond acceptors (Lipinski definition) is 2. The molecule has 1 aromatic carbocycles. The number of nitrogens with one attached hydrogen (secondary N) is 1. The van der Waals surface area contributed by atoms with Gasteiger partial charge in [0.05, 0.1) is 32.5 Å². The zero-order valence-electron chi connectivity index (χ0n) is 11.9. The van der Waals surface area contributed by atoms with Crippen molar-refractivity contribution >= 4 is 40.5 Å². The Morgan fingerprint density at radius 2 is 1.71 bits per heavy atom. The molecule has 1 aliphatic carbocycles. The summed E-state index contributed by atoms with van der Waals surface area (Å²) in [5.41, 5.74) is 0.978. The molecule has 21 heavy (non-hydrogen) atoms. The second-order valence-electron chi connectivity index (χ2n) is 6.15. The van der Waals surface area contributed by atoms with Crippen LogP contribution in [0.25, 0.3) is 0 Å². The third-order valence-electron chi connectivity index (χ3n) is 4.63. The number of halogens is 3. The molecule has 1 N–H and O–H groups in total. The first-order chi connectivity index (χ1) is 10.1. The molecule has 1 atom stereocenters. The van der Waals surface area contributed by atoms with E-state index in [0.29, 0.717) is 15.1 Å². The van der Waals surface area contributed by atoms with E-state index in [0.717, 1.165) is 18.7 Å². The molecule has 1 aliphatic heterocycles. The van der Waals surface area contributed by atoms with Crippen LogP contribution in [0.5, 0.6) is 0 Å². The number of anilines is 1. The van der Waals surface area contributed by atoms with Crippen molar-refractivity contribution in [2.24, 2.45) is 0 Å². The van der Waals surface area contributed by atoms with Gasteiger partial charge in [-0.15, -0.1) is 0 Å². The van der Waals surface area contributed by atoms with Crippen molar-refractivity contribution in [3.8, 4) is 0 Å². The van der Waals surface area contributed by atoms with Crippen LogP contribution in [0.2, 0.25) is 15.1 Å². The first kappa shape index (κ1) is 15.7. The van der Waals surface area contributed by atoms with Crippen LogP contribution >= 0.6 is 34.8 Å². The molecule has 1 spiro atoms. The summed E-state index contributed by atoms with van der Waals surface area (Å²) < 4.78 is 6.34. The number of hydrogen-bond donors (Lipinski definition) is 1. The first-order valence-corrected chi connectivity index (χ1v) is 8.78. The van der Waals surface area contributed by atoms with E-state index >= 15 is 0 Å². The number of benzene rings is 1. The van der Waals surface area contributed by atoms with Gasteiger partial charge in [-0.3, -0.25) is 0 Å². The van der Waals surface area contributed by atoms with Gasteiger partial charge in [-0.05, 0) is 37.8 Å². The van der Waals surface area contributed by atoms with Crippen LogP contribution in [0, 0.1) is 0 Å². The largest absolute Gasteiger partial charge is 0.381 e. The molecule has 0 amide bonds. The summed E-state index contributed by atoms with van der Waals surface area (Å²) in [6.07, 6.45) is 8.97. The molecule has 1 heterocycles. The average molecular weight is 349 g/mol. The summed E-state index contributed by atoms with van der Waals surface area (Å²) in [6, 6.07) is 3.45. The van der Waals surface area contributed by atoms with Gasteiger partial charge in [0, 0.05) is 6.54 Å². The van der Waals surface area contributed by atoms with Gasteiger partial charge in [0.15, 0.2) is 0 Å². The van der Waals surface area contributed by atoms with Crippen molar-refractivity contribution in [1.82, 2.24) is 0 Å². The lowest BCUT2D eigenvalue weighted by Gasteiger charge is -2.33. The molecule has 1 saturated heterocycles. The van der Waals surface area contributed by atoms with Crippen molar-refractivity contribution in [2.45, 2.75) is 56.7 Å². The van der Waals surface area contributed by atoms with Crippen molar-refractivity contribution < 1.29 is 4.74 Å². The fraction of sp³-hybridized carbons (Fsp3) is 0.625. The van der Waals surface area contributed by atoms with Gasteiger partial charge < -0.3 is 10.1 Å². The Balaban J connectivity index is 1.58. The van der Waals surface area contributed by atoms with E-state index in [-0.39, 0.29) is 11.7 Å². The fourth-order valence-corrected chi connectivity index (χ4v) is 4.10. The van der Waals surface area contributed by atoms with Crippen LogP contribution in [0.15, 0.2) is 12.1 Å². The SMILES string of the molecule is Clc1cc(Cl)c(NCC2CCC3(CCCCC3)O2)cc1Cl. The highest BCUT2D eigenvalue weighted by Gasteiger charge is 2.40. The second-order valence-corrected chi connectivity index (χ2v) is 7.37. The van der Waals surface area contributed by atoms with Gasteiger partial charge in [-0.25, -0.2) is 0 Å². The Morgan fingerprint density at radius 3 is 2.48 bits per heavy atom. The van der Waals surface area contributed by atoms with Crippen LogP contribution in [0.3, 0.4) is 0 Å². The van der Waals surface area contributed by atoms with Crippen molar-refractivity contribution in [2.75, 3.05) is 11.9 Å². The van der Waals surface area contributed by atoms with E-state index in [2.05, 4.69) is 5.32 Å². The summed E-state index contributed by atoms with van der Waals surface area (Å²) in [4.78, 5) is 0. The highest BCUT2D eigenvalue weighted by molar-refractivity contribution is 6.44. The molecule has 5 heteroatoms.